The molecule has 3 N–H and O–H groups in total. The largest absolute Gasteiger partial charge is 0.480 e. The van der Waals surface area contributed by atoms with Gasteiger partial charge < -0.3 is 10.2 Å². The zero-order valence-corrected chi connectivity index (χ0v) is 6.65. The summed E-state index contributed by atoms with van der Waals surface area (Å²) in [5.74, 6) is -2.23. The first-order valence-corrected chi connectivity index (χ1v) is 3.33. The van der Waals surface area contributed by atoms with Gasteiger partial charge in [-0.05, 0) is 6.92 Å². The van der Waals surface area contributed by atoms with E-state index in [9.17, 15) is 9.59 Å². The molecule has 0 heterocycles. The number of carboxylic acid groups (broad SMARTS) is 2. The Balaban J connectivity index is 4.11. The summed E-state index contributed by atoms with van der Waals surface area (Å²) in [5.41, 5.74) is 0. The maximum absolute atomic E-state index is 10.4. The van der Waals surface area contributed by atoms with Gasteiger partial charge in [-0.3, -0.25) is 14.9 Å². The van der Waals surface area contributed by atoms with E-state index >= 15 is 0 Å². The molecule has 0 saturated carbocycles. The van der Waals surface area contributed by atoms with E-state index in [1.54, 1.807) is 0 Å². The summed E-state index contributed by atoms with van der Waals surface area (Å²) < 4.78 is 0. The molecular formula is C7H11NO4. The smallest absolute Gasteiger partial charge is 0.324 e. The van der Waals surface area contributed by atoms with Crippen molar-refractivity contribution in [2.75, 3.05) is 0 Å². The van der Waals surface area contributed by atoms with Gasteiger partial charge >= 0.3 is 11.9 Å². The molecule has 2 unspecified atom stereocenters. The molecule has 0 aliphatic carbocycles. The summed E-state index contributed by atoms with van der Waals surface area (Å²) in [5, 5.41) is 19.2. The van der Waals surface area contributed by atoms with Gasteiger partial charge in [0.15, 0.2) is 0 Å². The number of rotatable bonds is 5. The summed E-state index contributed by atoms with van der Waals surface area (Å²) in [6, 6.07) is -1.92. The van der Waals surface area contributed by atoms with E-state index in [1.807, 2.05) is 0 Å². The minimum Gasteiger partial charge on any atom is -0.480 e. The molecule has 2 atom stereocenters. The predicted molar refractivity (Wildman–Crippen MR) is 41.9 cm³/mol. The van der Waals surface area contributed by atoms with Crippen LogP contribution in [0.2, 0.25) is 0 Å². The Morgan fingerprint density at radius 1 is 1.42 bits per heavy atom. The van der Waals surface area contributed by atoms with Crippen LogP contribution in [0.25, 0.3) is 0 Å². The van der Waals surface area contributed by atoms with Gasteiger partial charge in [-0.15, -0.1) is 6.58 Å². The summed E-state index contributed by atoms with van der Waals surface area (Å²) >= 11 is 0. The SMILES string of the molecule is C=CC(NC(C)C(=O)O)C(=O)O. The highest BCUT2D eigenvalue weighted by molar-refractivity contribution is 5.78. The first kappa shape index (κ1) is 10.6. The van der Waals surface area contributed by atoms with Gasteiger partial charge in [0.1, 0.15) is 12.1 Å². The lowest BCUT2D eigenvalue weighted by Gasteiger charge is -2.12. The summed E-state index contributed by atoms with van der Waals surface area (Å²) in [6.07, 6.45) is 1.14. The normalized spacial score (nSPS) is 14.8. The van der Waals surface area contributed by atoms with Crippen molar-refractivity contribution in [3.8, 4) is 0 Å². The van der Waals surface area contributed by atoms with Crippen LogP contribution in [0, 0.1) is 0 Å². The number of aliphatic carboxylic acids is 2. The molecule has 0 rings (SSSR count). The lowest BCUT2D eigenvalue weighted by atomic mass is 10.2. The fraction of sp³-hybridized carbons (Fsp3) is 0.429. The summed E-state index contributed by atoms with van der Waals surface area (Å²) in [7, 11) is 0. The van der Waals surface area contributed by atoms with Gasteiger partial charge in [-0.2, -0.15) is 0 Å². The summed E-state index contributed by atoms with van der Waals surface area (Å²) in [6.45, 7) is 4.62. The number of hydrogen-bond acceptors (Lipinski definition) is 3. The fourth-order valence-electron chi connectivity index (χ4n) is 0.581. The Kier molecular flexibility index (Phi) is 3.99. The van der Waals surface area contributed by atoms with Crippen LogP contribution in [0.1, 0.15) is 6.92 Å². The number of nitrogens with one attached hydrogen (secondary N) is 1. The molecule has 5 heteroatoms. The van der Waals surface area contributed by atoms with E-state index in [1.165, 1.54) is 6.92 Å². The van der Waals surface area contributed by atoms with Crippen molar-refractivity contribution in [1.29, 1.82) is 0 Å². The van der Waals surface area contributed by atoms with Gasteiger partial charge in [0.2, 0.25) is 0 Å². The van der Waals surface area contributed by atoms with E-state index in [2.05, 4.69) is 11.9 Å². The molecule has 0 saturated heterocycles. The molecule has 0 amide bonds. The molecule has 0 aromatic heterocycles. The lowest BCUT2D eigenvalue weighted by molar-refractivity contribution is -0.141. The molecule has 5 nitrogen and oxygen atoms in total. The molecule has 0 aliphatic heterocycles. The number of carboxylic acids is 2. The Labute approximate surface area is 69.7 Å². The third kappa shape index (κ3) is 3.16. The number of carbonyl (C=O) groups is 2. The van der Waals surface area contributed by atoms with Crippen LogP contribution < -0.4 is 5.32 Å². The lowest BCUT2D eigenvalue weighted by Crippen LogP contribution is -2.44. The molecule has 0 aromatic carbocycles. The van der Waals surface area contributed by atoms with Crippen molar-refractivity contribution in [3.05, 3.63) is 12.7 Å². The first-order valence-electron chi connectivity index (χ1n) is 3.33. The Morgan fingerprint density at radius 3 is 2.17 bits per heavy atom. The second-order valence-corrected chi connectivity index (χ2v) is 2.28. The van der Waals surface area contributed by atoms with Gasteiger partial charge in [-0.1, -0.05) is 6.08 Å². The van der Waals surface area contributed by atoms with Gasteiger partial charge in [0, 0.05) is 0 Å². The third-order valence-electron chi connectivity index (χ3n) is 1.30. The van der Waals surface area contributed by atoms with Gasteiger partial charge in [0.05, 0.1) is 0 Å². The van der Waals surface area contributed by atoms with Crippen LogP contribution in [-0.4, -0.2) is 34.2 Å². The fourth-order valence-corrected chi connectivity index (χ4v) is 0.581. The Morgan fingerprint density at radius 2 is 1.92 bits per heavy atom. The topological polar surface area (TPSA) is 86.6 Å². The molecule has 0 aliphatic rings. The van der Waals surface area contributed by atoms with Crippen LogP contribution in [-0.2, 0) is 9.59 Å². The summed E-state index contributed by atoms with van der Waals surface area (Å²) in [4.78, 5) is 20.6. The zero-order valence-electron chi connectivity index (χ0n) is 6.65. The van der Waals surface area contributed by atoms with Crippen LogP contribution in [0.4, 0.5) is 0 Å². The monoisotopic (exact) mass is 173 g/mol. The maximum atomic E-state index is 10.4. The highest BCUT2D eigenvalue weighted by Crippen LogP contribution is 1.89. The van der Waals surface area contributed by atoms with Crippen molar-refractivity contribution in [2.45, 2.75) is 19.0 Å². The van der Waals surface area contributed by atoms with Crippen molar-refractivity contribution >= 4 is 11.9 Å². The Hall–Kier alpha value is -1.36. The average molecular weight is 173 g/mol. The first-order chi connectivity index (χ1) is 5.49. The quantitative estimate of drug-likeness (QED) is 0.496. The molecule has 0 spiro atoms. The molecule has 12 heavy (non-hydrogen) atoms. The van der Waals surface area contributed by atoms with Crippen molar-refractivity contribution in [3.63, 3.8) is 0 Å². The molecule has 0 aromatic rings. The highest BCUT2D eigenvalue weighted by atomic mass is 16.4. The van der Waals surface area contributed by atoms with Crippen LogP contribution in [0.5, 0.6) is 0 Å². The maximum Gasteiger partial charge on any atom is 0.324 e. The van der Waals surface area contributed by atoms with E-state index in [0.29, 0.717) is 0 Å². The van der Waals surface area contributed by atoms with Crippen molar-refractivity contribution < 1.29 is 19.8 Å². The number of hydrogen-bond donors (Lipinski definition) is 3. The highest BCUT2D eigenvalue weighted by Gasteiger charge is 2.19. The minimum atomic E-state index is -1.14. The van der Waals surface area contributed by atoms with Crippen LogP contribution >= 0.6 is 0 Å². The van der Waals surface area contributed by atoms with E-state index in [-0.39, 0.29) is 0 Å². The van der Waals surface area contributed by atoms with Gasteiger partial charge in [0.25, 0.3) is 0 Å². The molecule has 0 fully saturated rings. The van der Waals surface area contributed by atoms with Crippen molar-refractivity contribution in [1.82, 2.24) is 5.32 Å². The second kappa shape index (κ2) is 4.50. The van der Waals surface area contributed by atoms with Crippen LogP contribution in [0.3, 0.4) is 0 Å². The van der Waals surface area contributed by atoms with E-state index < -0.39 is 24.0 Å². The van der Waals surface area contributed by atoms with Crippen molar-refractivity contribution in [2.24, 2.45) is 0 Å². The van der Waals surface area contributed by atoms with E-state index in [0.717, 1.165) is 6.08 Å². The molecule has 0 bridgehead atoms. The minimum absolute atomic E-state index is 0.899. The third-order valence-corrected chi connectivity index (χ3v) is 1.30. The molecule has 0 radical (unpaired) electrons. The Bertz CT molecular complexity index is 202. The zero-order chi connectivity index (χ0) is 9.72. The van der Waals surface area contributed by atoms with Gasteiger partial charge in [-0.25, -0.2) is 0 Å². The average Bonchev–Trinajstić information content (AvgIpc) is 1.98. The van der Waals surface area contributed by atoms with Crippen LogP contribution in [0.15, 0.2) is 12.7 Å². The molecule has 68 valence electrons. The van der Waals surface area contributed by atoms with E-state index in [4.69, 9.17) is 10.2 Å². The second-order valence-electron chi connectivity index (χ2n) is 2.28. The standard InChI is InChI=1S/C7H11NO4/c1-3-5(7(11)12)8-4(2)6(9)10/h3-5,8H,1H2,2H3,(H,9,10)(H,11,12). The molecular weight excluding hydrogens is 162 g/mol. The predicted octanol–water partition coefficient (Wildman–Crippen LogP) is -0.312.